The maximum atomic E-state index is 12.0. The monoisotopic (exact) mass is 370 g/mol. The summed E-state index contributed by atoms with van der Waals surface area (Å²) in [4.78, 5) is 12.0. The molecular formula is C15H16BrClN2O2. The number of esters is 1. The molecule has 1 atom stereocenters. The number of benzene rings is 1. The number of halogens is 2. The minimum atomic E-state index is -0.298. The van der Waals surface area contributed by atoms with Gasteiger partial charge in [-0.1, -0.05) is 11.6 Å². The maximum Gasteiger partial charge on any atom is 0.313 e. The molecule has 0 saturated carbocycles. The maximum absolute atomic E-state index is 12.0. The first-order valence-electron chi connectivity index (χ1n) is 6.56. The van der Waals surface area contributed by atoms with Gasteiger partial charge in [0.1, 0.15) is 5.75 Å². The Morgan fingerprint density at radius 1 is 1.38 bits per heavy atom. The molecule has 1 aromatic heterocycles. The van der Waals surface area contributed by atoms with Crippen LogP contribution >= 0.6 is 27.5 Å². The number of rotatable bonds is 4. The van der Waals surface area contributed by atoms with Crippen molar-refractivity contribution in [3.63, 3.8) is 0 Å². The summed E-state index contributed by atoms with van der Waals surface area (Å²) in [6, 6.07) is 6.64. The number of carbonyl (C=O) groups is 1. The fourth-order valence-corrected chi connectivity index (χ4v) is 2.46. The van der Waals surface area contributed by atoms with Crippen LogP contribution in [0.15, 0.2) is 28.7 Å². The third kappa shape index (κ3) is 3.86. The summed E-state index contributed by atoms with van der Waals surface area (Å²) in [5.41, 5.74) is 1.91. The lowest BCUT2D eigenvalue weighted by Crippen LogP contribution is -2.17. The number of hydrogen-bond donors (Lipinski definition) is 0. The van der Waals surface area contributed by atoms with Crippen LogP contribution in [0.4, 0.5) is 0 Å². The van der Waals surface area contributed by atoms with E-state index in [1.165, 1.54) is 0 Å². The smallest absolute Gasteiger partial charge is 0.313 e. The van der Waals surface area contributed by atoms with Gasteiger partial charge in [0.05, 0.1) is 28.3 Å². The molecular weight excluding hydrogens is 356 g/mol. The molecule has 2 aromatic rings. The first-order valence-corrected chi connectivity index (χ1v) is 7.73. The molecule has 1 aromatic carbocycles. The number of hydrogen-bond acceptors (Lipinski definition) is 3. The molecule has 0 bridgehead atoms. The van der Waals surface area contributed by atoms with Gasteiger partial charge in [-0.2, -0.15) is 5.10 Å². The number of nitrogens with zero attached hydrogens (tertiary/aromatic N) is 2. The van der Waals surface area contributed by atoms with Gasteiger partial charge < -0.3 is 4.74 Å². The predicted octanol–water partition coefficient (Wildman–Crippen LogP) is 4.47. The summed E-state index contributed by atoms with van der Waals surface area (Å²) in [6.45, 7) is 5.83. The van der Waals surface area contributed by atoms with Crippen molar-refractivity contribution in [1.82, 2.24) is 9.78 Å². The van der Waals surface area contributed by atoms with Crippen molar-refractivity contribution in [3.05, 3.63) is 45.1 Å². The summed E-state index contributed by atoms with van der Waals surface area (Å²) < 4.78 is 8.10. The van der Waals surface area contributed by atoms with E-state index in [2.05, 4.69) is 21.0 Å². The second-order valence-electron chi connectivity index (χ2n) is 4.91. The zero-order valence-corrected chi connectivity index (χ0v) is 14.4. The highest BCUT2D eigenvalue weighted by Crippen LogP contribution is 2.24. The Balaban J connectivity index is 2.01. The highest BCUT2D eigenvalue weighted by molar-refractivity contribution is 9.10. The molecule has 1 heterocycles. The lowest BCUT2D eigenvalue weighted by molar-refractivity contribution is -0.135. The van der Waals surface area contributed by atoms with Crippen LogP contribution in [-0.4, -0.2) is 15.7 Å². The van der Waals surface area contributed by atoms with E-state index in [1.54, 1.807) is 24.3 Å². The average molecular weight is 372 g/mol. The predicted molar refractivity (Wildman–Crippen MR) is 85.8 cm³/mol. The van der Waals surface area contributed by atoms with Gasteiger partial charge in [-0.15, -0.1) is 0 Å². The van der Waals surface area contributed by atoms with Crippen molar-refractivity contribution >= 4 is 33.5 Å². The van der Waals surface area contributed by atoms with Crippen LogP contribution in [0, 0.1) is 13.8 Å². The highest BCUT2D eigenvalue weighted by Gasteiger charge is 2.18. The van der Waals surface area contributed by atoms with Gasteiger partial charge in [0.2, 0.25) is 0 Å². The SMILES string of the molecule is Cc1nn([C@H](C)CC(=O)Oc2ccc(Cl)cc2)c(C)c1Br. The van der Waals surface area contributed by atoms with Crippen LogP contribution in [-0.2, 0) is 4.79 Å². The van der Waals surface area contributed by atoms with Crippen molar-refractivity contribution in [2.24, 2.45) is 0 Å². The van der Waals surface area contributed by atoms with Crippen molar-refractivity contribution < 1.29 is 9.53 Å². The van der Waals surface area contributed by atoms with Crippen LogP contribution in [0.25, 0.3) is 0 Å². The molecule has 0 fully saturated rings. The van der Waals surface area contributed by atoms with E-state index < -0.39 is 0 Å². The van der Waals surface area contributed by atoms with E-state index in [4.69, 9.17) is 16.3 Å². The van der Waals surface area contributed by atoms with Gasteiger partial charge in [0.15, 0.2) is 0 Å². The Kier molecular flexibility index (Phi) is 5.06. The topological polar surface area (TPSA) is 44.1 Å². The Hall–Kier alpha value is -1.33. The molecule has 0 N–H and O–H groups in total. The Bertz CT molecular complexity index is 652. The lowest BCUT2D eigenvalue weighted by atomic mass is 10.2. The minimum Gasteiger partial charge on any atom is -0.426 e. The Morgan fingerprint density at radius 2 is 2.00 bits per heavy atom. The van der Waals surface area contributed by atoms with Gasteiger partial charge in [-0.05, 0) is 61.0 Å². The molecule has 21 heavy (non-hydrogen) atoms. The lowest BCUT2D eigenvalue weighted by Gasteiger charge is -2.13. The van der Waals surface area contributed by atoms with Crippen LogP contribution in [0.2, 0.25) is 5.02 Å². The molecule has 0 amide bonds. The van der Waals surface area contributed by atoms with Gasteiger partial charge in [0.25, 0.3) is 0 Å². The van der Waals surface area contributed by atoms with Crippen molar-refractivity contribution in [1.29, 1.82) is 0 Å². The number of ether oxygens (including phenoxy) is 1. The summed E-state index contributed by atoms with van der Waals surface area (Å²) >= 11 is 9.27. The van der Waals surface area contributed by atoms with E-state index in [1.807, 2.05) is 25.5 Å². The van der Waals surface area contributed by atoms with Gasteiger partial charge in [-0.25, -0.2) is 0 Å². The largest absolute Gasteiger partial charge is 0.426 e. The molecule has 4 nitrogen and oxygen atoms in total. The summed E-state index contributed by atoms with van der Waals surface area (Å²) in [5.74, 6) is 0.194. The molecule has 112 valence electrons. The van der Waals surface area contributed by atoms with Crippen LogP contribution in [0.1, 0.15) is 30.8 Å². The fourth-order valence-electron chi connectivity index (χ4n) is 2.08. The molecule has 0 unspecified atom stereocenters. The van der Waals surface area contributed by atoms with E-state index in [9.17, 15) is 4.79 Å². The molecule has 0 spiro atoms. The van der Waals surface area contributed by atoms with E-state index in [0.29, 0.717) is 10.8 Å². The van der Waals surface area contributed by atoms with Gasteiger partial charge in [0, 0.05) is 5.02 Å². The molecule has 0 aliphatic rings. The van der Waals surface area contributed by atoms with Crippen LogP contribution in [0.5, 0.6) is 5.75 Å². The zero-order valence-electron chi connectivity index (χ0n) is 12.1. The number of carbonyl (C=O) groups excluding carboxylic acids is 1. The summed E-state index contributed by atoms with van der Waals surface area (Å²) in [6.07, 6.45) is 0.247. The van der Waals surface area contributed by atoms with Crippen LogP contribution < -0.4 is 4.74 Å². The van der Waals surface area contributed by atoms with Crippen molar-refractivity contribution in [3.8, 4) is 5.75 Å². The molecule has 6 heteroatoms. The van der Waals surface area contributed by atoms with E-state index in [-0.39, 0.29) is 18.4 Å². The zero-order chi connectivity index (χ0) is 15.6. The van der Waals surface area contributed by atoms with E-state index in [0.717, 1.165) is 15.9 Å². The normalized spacial score (nSPS) is 12.2. The fraction of sp³-hybridized carbons (Fsp3) is 0.333. The standard InChI is InChI=1S/C15H16BrClN2O2/c1-9(19-11(3)15(16)10(2)18-19)8-14(20)21-13-6-4-12(17)5-7-13/h4-7,9H,8H2,1-3H3/t9-/m1/s1. The number of aromatic nitrogens is 2. The molecule has 2 rings (SSSR count). The third-order valence-corrected chi connectivity index (χ3v) is 4.56. The number of aryl methyl sites for hydroxylation is 1. The first kappa shape index (κ1) is 16.0. The first-order chi connectivity index (χ1) is 9.88. The summed E-state index contributed by atoms with van der Waals surface area (Å²) in [7, 11) is 0. The second-order valence-corrected chi connectivity index (χ2v) is 6.14. The Morgan fingerprint density at radius 3 is 2.52 bits per heavy atom. The van der Waals surface area contributed by atoms with Gasteiger partial charge in [-0.3, -0.25) is 9.48 Å². The minimum absolute atomic E-state index is 0.0743. The van der Waals surface area contributed by atoms with Crippen molar-refractivity contribution in [2.75, 3.05) is 0 Å². The van der Waals surface area contributed by atoms with Crippen molar-refractivity contribution in [2.45, 2.75) is 33.2 Å². The molecule has 0 aliphatic carbocycles. The molecule has 0 radical (unpaired) electrons. The van der Waals surface area contributed by atoms with Gasteiger partial charge >= 0.3 is 5.97 Å². The summed E-state index contributed by atoms with van der Waals surface area (Å²) in [5, 5.41) is 5.03. The highest BCUT2D eigenvalue weighted by atomic mass is 79.9. The molecule has 0 saturated heterocycles. The average Bonchev–Trinajstić information content (AvgIpc) is 2.69. The Labute approximate surface area is 137 Å². The van der Waals surface area contributed by atoms with E-state index >= 15 is 0 Å². The second kappa shape index (κ2) is 6.62. The third-order valence-electron chi connectivity index (χ3n) is 3.16. The quantitative estimate of drug-likeness (QED) is 0.588. The molecule has 0 aliphatic heterocycles. The van der Waals surface area contributed by atoms with Crippen LogP contribution in [0.3, 0.4) is 0 Å².